The monoisotopic (exact) mass is 148 g/mol. The topological polar surface area (TPSA) is 46.3 Å². The predicted molar refractivity (Wildman–Crippen MR) is 40.0 cm³/mol. The molecule has 1 fully saturated rings. The first-order valence-electron chi connectivity index (χ1n) is 2.90. The third kappa shape index (κ3) is 5.65. The van der Waals surface area contributed by atoms with E-state index in [2.05, 4.69) is 22.9 Å². The third-order valence-electron chi connectivity index (χ3n) is 1.08. The average Bonchev–Trinajstić information content (AvgIpc) is 2.20. The quantitative estimate of drug-likeness (QED) is 0.376. The van der Waals surface area contributed by atoms with E-state index in [1.807, 2.05) is 0 Å². The summed E-state index contributed by atoms with van der Waals surface area (Å²) in [4.78, 5) is 8.58. The highest BCUT2D eigenvalue weighted by molar-refractivity contribution is 7.77. The molecule has 0 atom stereocenters. The number of amides is 1. The summed E-state index contributed by atoms with van der Waals surface area (Å²) in [5, 5.41) is 0. The van der Waals surface area contributed by atoms with Crippen LogP contribution in [0.15, 0.2) is 0 Å². The van der Waals surface area contributed by atoms with Crippen molar-refractivity contribution in [2.24, 2.45) is 5.73 Å². The van der Waals surface area contributed by atoms with Crippen molar-refractivity contribution in [2.45, 2.75) is 12.8 Å². The van der Waals surface area contributed by atoms with Crippen molar-refractivity contribution in [1.29, 1.82) is 0 Å². The maximum absolute atomic E-state index is 8.58. The van der Waals surface area contributed by atoms with Gasteiger partial charge in [-0.2, -0.15) is 0 Å². The summed E-state index contributed by atoms with van der Waals surface area (Å²) in [6.07, 6.45) is 2.92. The van der Waals surface area contributed by atoms with Crippen LogP contribution in [0.4, 0.5) is 0 Å². The standard InChI is InChI=1S/C4H9NS.CH3NO/c6-5-3-1-2-4-5;2-1-3/h6H,1-4H2;1H,(H2,2,3). The van der Waals surface area contributed by atoms with Gasteiger partial charge in [-0.25, -0.2) is 0 Å². The highest BCUT2D eigenvalue weighted by atomic mass is 32.1. The van der Waals surface area contributed by atoms with E-state index in [0.717, 1.165) is 0 Å². The van der Waals surface area contributed by atoms with Gasteiger partial charge in [0.25, 0.3) is 0 Å². The maximum atomic E-state index is 8.58. The molecule has 0 aliphatic carbocycles. The van der Waals surface area contributed by atoms with Crippen molar-refractivity contribution < 1.29 is 4.79 Å². The van der Waals surface area contributed by atoms with E-state index in [1.54, 1.807) is 0 Å². The van der Waals surface area contributed by atoms with Crippen molar-refractivity contribution in [3.8, 4) is 0 Å². The van der Waals surface area contributed by atoms with Gasteiger partial charge in [0.05, 0.1) is 0 Å². The molecule has 1 aliphatic heterocycles. The second-order valence-corrected chi connectivity index (χ2v) is 2.36. The molecule has 0 aromatic rings. The van der Waals surface area contributed by atoms with E-state index >= 15 is 0 Å². The summed E-state index contributed by atoms with van der Waals surface area (Å²) in [7, 11) is 0. The molecule has 0 aromatic heterocycles. The Kier molecular flexibility index (Phi) is 5.76. The normalized spacial score (nSPS) is 18.3. The Morgan fingerprint density at radius 3 is 1.89 bits per heavy atom. The first-order valence-corrected chi connectivity index (χ1v) is 3.30. The number of primary amides is 1. The van der Waals surface area contributed by atoms with Crippen LogP contribution in [0.3, 0.4) is 0 Å². The van der Waals surface area contributed by atoms with Gasteiger partial charge in [-0.1, -0.05) is 12.8 Å². The molecule has 1 heterocycles. The first kappa shape index (κ1) is 8.78. The Morgan fingerprint density at radius 1 is 1.44 bits per heavy atom. The van der Waals surface area contributed by atoms with Crippen molar-refractivity contribution in [3.05, 3.63) is 0 Å². The Bertz CT molecular complexity index is 73.4. The highest BCUT2D eigenvalue weighted by Gasteiger charge is 2.04. The van der Waals surface area contributed by atoms with Crippen LogP contribution in [-0.2, 0) is 4.79 Å². The second-order valence-electron chi connectivity index (χ2n) is 1.80. The Hall–Kier alpha value is -0.220. The lowest BCUT2D eigenvalue weighted by molar-refractivity contribution is -0.106. The van der Waals surface area contributed by atoms with Crippen molar-refractivity contribution in [1.82, 2.24) is 4.31 Å². The lowest BCUT2D eigenvalue weighted by Gasteiger charge is -1.99. The van der Waals surface area contributed by atoms with Gasteiger partial charge in [-0.05, 0) is 12.8 Å². The van der Waals surface area contributed by atoms with Crippen LogP contribution < -0.4 is 5.73 Å². The fraction of sp³-hybridized carbons (Fsp3) is 0.800. The molecule has 1 rings (SSSR count). The molecule has 2 N–H and O–H groups in total. The molecule has 9 heavy (non-hydrogen) atoms. The molecule has 1 aliphatic rings. The molecule has 0 saturated carbocycles. The van der Waals surface area contributed by atoms with Crippen LogP contribution in [0.5, 0.6) is 0 Å². The summed E-state index contributed by atoms with van der Waals surface area (Å²) in [6.45, 7) is 2.37. The minimum absolute atomic E-state index is 0.250. The van der Waals surface area contributed by atoms with Gasteiger partial charge >= 0.3 is 0 Å². The predicted octanol–water partition coefficient (Wildman–Crippen LogP) is 0.0285. The molecule has 1 saturated heterocycles. The number of hydrogen-bond acceptors (Lipinski definition) is 3. The lowest BCUT2D eigenvalue weighted by atomic mass is 10.4. The zero-order chi connectivity index (χ0) is 7.11. The number of rotatable bonds is 0. The van der Waals surface area contributed by atoms with Crippen molar-refractivity contribution >= 4 is 19.2 Å². The van der Waals surface area contributed by atoms with Gasteiger partial charge in [0.2, 0.25) is 6.41 Å². The molecule has 1 amide bonds. The number of nitrogens with two attached hydrogens (primary N) is 1. The molecule has 3 nitrogen and oxygen atoms in total. The summed E-state index contributed by atoms with van der Waals surface area (Å²) >= 11 is 4.13. The van der Waals surface area contributed by atoms with Crippen LogP contribution in [0.2, 0.25) is 0 Å². The first-order chi connectivity index (χ1) is 4.31. The van der Waals surface area contributed by atoms with Crippen LogP contribution in [0.25, 0.3) is 0 Å². The SMILES string of the molecule is NC=O.SN1CCCC1. The average molecular weight is 148 g/mol. The number of hydrogen-bond donors (Lipinski definition) is 2. The van der Waals surface area contributed by atoms with Gasteiger partial charge in [0.1, 0.15) is 0 Å². The number of thiol groups is 1. The molecular weight excluding hydrogens is 136 g/mol. The Morgan fingerprint density at radius 2 is 1.78 bits per heavy atom. The highest BCUT2D eigenvalue weighted by Crippen LogP contribution is 2.07. The summed E-state index contributed by atoms with van der Waals surface area (Å²) in [5.74, 6) is 0. The van der Waals surface area contributed by atoms with E-state index in [1.165, 1.54) is 25.9 Å². The Balaban J connectivity index is 0.000000187. The third-order valence-corrected chi connectivity index (χ3v) is 1.48. The molecular formula is C5H12N2OS. The van der Waals surface area contributed by atoms with E-state index in [9.17, 15) is 0 Å². The van der Waals surface area contributed by atoms with Gasteiger partial charge in [0, 0.05) is 13.1 Å². The van der Waals surface area contributed by atoms with Gasteiger partial charge in [-0.3, -0.25) is 9.10 Å². The fourth-order valence-electron chi connectivity index (χ4n) is 0.700. The van der Waals surface area contributed by atoms with Crippen LogP contribution in [-0.4, -0.2) is 23.8 Å². The number of nitrogens with zero attached hydrogens (tertiary/aromatic N) is 1. The van der Waals surface area contributed by atoms with Gasteiger partial charge < -0.3 is 5.73 Å². The minimum atomic E-state index is 0.250. The molecule has 0 unspecified atom stereocenters. The zero-order valence-electron chi connectivity index (χ0n) is 5.29. The summed E-state index contributed by atoms with van der Waals surface area (Å²) in [6, 6.07) is 0. The second kappa shape index (κ2) is 5.91. The van der Waals surface area contributed by atoms with E-state index in [0.29, 0.717) is 0 Å². The minimum Gasteiger partial charge on any atom is -0.372 e. The fourth-order valence-corrected chi connectivity index (χ4v) is 0.983. The van der Waals surface area contributed by atoms with E-state index in [-0.39, 0.29) is 6.41 Å². The molecule has 0 spiro atoms. The summed E-state index contributed by atoms with van der Waals surface area (Å²) in [5.41, 5.74) is 4.17. The van der Waals surface area contributed by atoms with Crippen LogP contribution >= 0.6 is 12.8 Å². The summed E-state index contributed by atoms with van der Waals surface area (Å²) < 4.78 is 2.06. The molecule has 0 aromatic carbocycles. The van der Waals surface area contributed by atoms with Crippen LogP contribution in [0.1, 0.15) is 12.8 Å². The largest absolute Gasteiger partial charge is 0.372 e. The van der Waals surface area contributed by atoms with E-state index in [4.69, 9.17) is 4.79 Å². The molecule has 0 bridgehead atoms. The van der Waals surface area contributed by atoms with Crippen LogP contribution in [0, 0.1) is 0 Å². The number of carbonyl (C=O) groups excluding carboxylic acids is 1. The van der Waals surface area contributed by atoms with E-state index < -0.39 is 0 Å². The zero-order valence-corrected chi connectivity index (χ0v) is 6.18. The molecule has 0 radical (unpaired) electrons. The smallest absolute Gasteiger partial charge is 0.204 e. The lowest BCUT2D eigenvalue weighted by Crippen LogP contribution is -2.02. The molecule has 54 valence electrons. The van der Waals surface area contributed by atoms with Crippen molar-refractivity contribution in [2.75, 3.05) is 13.1 Å². The Labute approximate surface area is 60.8 Å². The molecule has 4 heteroatoms. The maximum Gasteiger partial charge on any atom is 0.204 e. The number of carbonyl (C=O) groups is 1. The van der Waals surface area contributed by atoms with Crippen molar-refractivity contribution in [3.63, 3.8) is 0 Å². The van der Waals surface area contributed by atoms with Gasteiger partial charge in [-0.15, -0.1) is 0 Å². The van der Waals surface area contributed by atoms with Gasteiger partial charge in [0.15, 0.2) is 0 Å².